The molecular formula is C39H49N3O5S. The highest BCUT2D eigenvalue weighted by atomic mass is 32.1. The van der Waals surface area contributed by atoms with Gasteiger partial charge in [-0.25, -0.2) is 4.98 Å². The minimum absolute atomic E-state index is 0.0276. The van der Waals surface area contributed by atoms with Crippen LogP contribution in [0.1, 0.15) is 105 Å². The Kier molecular flexibility index (Phi) is 11.1. The number of anilines is 1. The number of methoxy groups -OCH3 is 2. The summed E-state index contributed by atoms with van der Waals surface area (Å²) in [7, 11) is 3.05. The maximum absolute atomic E-state index is 14.4. The van der Waals surface area contributed by atoms with Crippen molar-refractivity contribution in [3.05, 3.63) is 64.8 Å². The van der Waals surface area contributed by atoms with E-state index in [-0.39, 0.29) is 42.6 Å². The Hall–Kier alpha value is -3.72. The van der Waals surface area contributed by atoms with Crippen molar-refractivity contribution < 1.29 is 23.9 Å². The van der Waals surface area contributed by atoms with Crippen molar-refractivity contribution in [3.63, 3.8) is 0 Å². The van der Waals surface area contributed by atoms with Crippen molar-refractivity contribution in [2.75, 3.05) is 25.7 Å². The first kappa shape index (κ1) is 34.2. The minimum Gasteiger partial charge on any atom is -0.496 e. The normalized spacial score (nSPS) is 22.5. The van der Waals surface area contributed by atoms with Gasteiger partial charge in [-0.2, -0.15) is 0 Å². The van der Waals surface area contributed by atoms with Crippen LogP contribution < -0.4 is 15.0 Å². The number of ether oxygens (including phenoxy) is 2. The van der Waals surface area contributed by atoms with Crippen molar-refractivity contribution in [1.29, 1.82) is 0 Å². The average molecular weight is 672 g/mol. The zero-order valence-electron chi connectivity index (χ0n) is 28.5. The Bertz CT molecular complexity index is 1580. The molecule has 0 radical (unpaired) electrons. The Morgan fingerprint density at radius 1 is 0.896 bits per heavy atom. The van der Waals surface area contributed by atoms with E-state index in [0.717, 1.165) is 79.8 Å². The van der Waals surface area contributed by atoms with Crippen molar-refractivity contribution in [3.8, 4) is 16.2 Å². The second-order valence-electron chi connectivity index (χ2n) is 14.0. The smallest absolute Gasteiger partial charge is 0.306 e. The van der Waals surface area contributed by atoms with Gasteiger partial charge in [-0.15, -0.1) is 11.3 Å². The number of carbonyl (C=O) groups excluding carboxylic acids is 3. The third kappa shape index (κ3) is 8.46. The number of rotatable bonds is 12. The van der Waals surface area contributed by atoms with Crippen LogP contribution in [-0.2, 0) is 19.1 Å². The summed E-state index contributed by atoms with van der Waals surface area (Å²) in [6.45, 7) is 2.83. The molecule has 8 nitrogen and oxygen atoms in total. The number of amides is 2. The quantitative estimate of drug-likeness (QED) is 0.196. The Balaban J connectivity index is 1.13. The number of benzene rings is 2. The first-order valence-corrected chi connectivity index (χ1v) is 18.5. The van der Waals surface area contributed by atoms with Crippen molar-refractivity contribution in [1.82, 2.24) is 10.3 Å². The lowest BCUT2D eigenvalue weighted by Gasteiger charge is -2.36. The first-order valence-electron chi connectivity index (χ1n) is 17.7. The van der Waals surface area contributed by atoms with Crippen LogP contribution in [0.25, 0.3) is 10.4 Å². The van der Waals surface area contributed by atoms with Gasteiger partial charge in [-0.05, 0) is 118 Å². The molecule has 1 N–H and O–H groups in total. The molecule has 48 heavy (non-hydrogen) atoms. The molecule has 3 saturated carbocycles. The zero-order valence-corrected chi connectivity index (χ0v) is 29.4. The van der Waals surface area contributed by atoms with E-state index in [0.29, 0.717) is 17.8 Å². The summed E-state index contributed by atoms with van der Waals surface area (Å²) in [5.74, 6) is 2.11. The molecule has 0 atom stereocenters. The van der Waals surface area contributed by atoms with E-state index in [1.165, 1.54) is 36.1 Å². The Morgan fingerprint density at radius 3 is 2.33 bits per heavy atom. The SMILES string of the molecule is COC(=O)CCC(=O)NC1CCC(C(=O)N(CC2CCC(c3ccc(OC)c(C)c3)CC2)c2cccc(-c3cnc(C4CC4)s3)c2)CC1. The molecule has 0 unspecified atom stereocenters. The summed E-state index contributed by atoms with van der Waals surface area (Å²) in [5, 5.41) is 4.29. The van der Waals surface area contributed by atoms with Crippen molar-refractivity contribution in [2.45, 2.75) is 102 Å². The van der Waals surface area contributed by atoms with E-state index in [1.54, 1.807) is 18.4 Å². The van der Waals surface area contributed by atoms with E-state index in [1.807, 2.05) is 6.20 Å². The van der Waals surface area contributed by atoms with E-state index in [4.69, 9.17) is 9.72 Å². The molecule has 3 aliphatic carbocycles. The molecule has 3 fully saturated rings. The van der Waals surface area contributed by atoms with Crippen LogP contribution in [0.3, 0.4) is 0 Å². The Labute approximate surface area is 288 Å². The zero-order chi connectivity index (χ0) is 33.6. The number of aryl methyl sites for hydroxylation is 1. The molecule has 1 aromatic heterocycles. The maximum atomic E-state index is 14.4. The first-order chi connectivity index (χ1) is 23.3. The van der Waals surface area contributed by atoms with Crippen LogP contribution in [0.2, 0.25) is 0 Å². The van der Waals surface area contributed by atoms with Crippen LogP contribution in [0.15, 0.2) is 48.7 Å². The van der Waals surface area contributed by atoms with Gasteiger partial charge in [0, 0.05) is 42.7 Å². The van der Waals surface area contributed by atoms with Gasteiger partial charge < -0.3 is 19.7 Å². The molecule has 3 aliphatic rings. The van der Waals surface area contributed by atoms with Gasteiger partial charge in [0.1, 0.15) is 5.75 Å². The molecule has 9 heteroatoms. The summed E-state index contributed by atoms with van der Waals surface area (Å²) >= 11 is 1.78. The summed E-state index contributed by atoms with van der Waals surface area (Å²) in [5.41, 5.74) is 4.64. The molecule has 0 saturated heterocycles. The number of hydrogen-bond acceptors (Lipinski definition) is 7. The number of esters is 1. The monoisotopic (exact) mass is 671 g/mol. The van der Waals surface area contributed by atoms with Crippen LogP contribution in [0.5, 0.6) is 5.75 Å². The summed E-state index contributed by atoms with van der Waals surface area (Å²) in [6, 6.07) is 15.1. The van der Waals surface area contributed by atoms with E-state index >= 15 is 0 Å². The highest BCUT2D eigenvalue weighted by molar-refractivity contribution is 7.15. The number of thiazole rings is 1. The summed E-state index contributed by atoms with van der Waals surface area (Å²) in [6.07, 6.45) is 12.0. The lowest BCUT2D eigenvalue weighted by atomic mass is 9.78. The third-order valence-corrected chi connectivity index (χ3v) is 11.8. The van der Waals surface area contributed by atoms with Crippen LogP contribution in [0, 0.1) is 18.8 Å². The van der Waals surface area contributed by atoms with Gasteiger partial charge in [0.25, 0.3) is 0 Å². The largest absolute Gasteiger partial charge is 0.496 e. The number of hydrogen-bond donors (Lipinski definition) is 1. The fourth-order valence-electron chi connectivity index (χ4n) is 7.50. The fraction of sp³-hybridized carbons (Fsp3) is 0.538. The molecular weight excluding hydrogens is 623 g/mol. The Morgan fingerprint density at radius 2 is 1.65 bits per heavy atom. The molecule has 1 heterocycles. The molecule has 2 amide bonds. The van der Waals surface area contributed by atoms with Gasteiger partial charge in [-0.3, -0.25) is 14.4 Å². The van der Waals surface area contributed by atoms with Crippen LogP contribution in [0.4, 0.5) is 5.69 Å². The summed E-state index contributed by atoms with van der Waals surface area (Å²) < 4.78 is 10.1. The summed E-state index contributed by atoms with van der Waals surface area (Å²) in [4.78, 5) is 46.2. The van der Waals surface area contributed by atoms with E-state index in [2.05, 4.69) is 64.3 Å². The maximum Gasteiger partial charge on any atom is 0.306 e. The lowest BCUT2D eigenvalue weighted by Crippen LogP contribution is -2.44. The van der Waals surface area contributed by atoms with Crippen LogP contribution in [-0.4, -0.2) is 49.6 Å². The lowest BCUT2D eigenvalue weighted by molar-refractivity contribution is -0.142. The fourth-order valence-corrected chi connectivity index (χ4v) is 8.59. The minimum atomic E-state index is -0.383. The number of carbonyl (C=O) groups is 3. The molecule has 3 aromatic rings. The highest BCUT2D eigenvalue weighted by Crippen LogP contribution is 2.44. The second kappa shape index (κ2) is 15.7. The molecule has 6 rings (SSSR count). The van der Waals surface area contributed by atoms with E-state index < -0.39 is 0 Å². The highest BCUT2D eigenvalue weighted by Gasteiger charge is 2.33. The standard InChI is InChI=1S/C39H49N3O5S/c1-25-21-30(15-18-34(25)46-2)27-9-7-26(8-10-27)24-42(33-6-4-5-31(22-33)35-23-40-38(48-35)28-11-12-28)39(45)29-13-16-32(17-14-29)41-36(43)19-20-37(44)47-3/h4-6,15,18,21-23,26-29,32H,7-14,16-17,19-20,24H2,1-3H3,(H,41,43). The third-order valence-electron chi connectivity index (χ3n) is 10.6. The second-order valence-corrected chi connectivity index (χ2v) is 15.0. The number of nitrogens with zero attached hydrogens (tertiary/aromatic N) is 2. The van der Waals surface area contributed by atoms with Gasteiger partial charge >= 0.3 is 5.97 Å². The number of nitrogens with one attached hydrogen (secondary N) is 1. The van der Waals surface area contributed by atoms with Crippen molar-refractivity contribution in [2.24, 2.45) is 11.8 Å². The van der Waals surface area contributed by atoms with Gasteiger partial charge in [-0.1, -0.05) is 24.3 Å². The molecule has 256 valence electrons. The molecule has 0 bridgehead atoms. The molecule has 0 spiro atoms. The van der Waals surface area contributed by atoms with Gasteiger partial charge in [0.05, 0.1) is 30.5 Å². The predicted molar refractivity (Wildman–Crippen MR) is 189 cm³/mol. The number of aromatic nitrogens is 1. The van der Waals surface area contributed by atoms with Gasteiger partial charge in [0.15, 0.2) is 0 Å². The van der Waals surface area contributed by atoms with E-state index in [9.17, 15) is 14.4 Å². The van der Waals surface area contributed by atoms with Gasteiger partial charge in [0.2, 0.25) is 11.8 Å². The topological polar surface area (TPSA) is 97.8 Å². The van der Waals surface area contributed by atoms with Crippen LogP contribution >= 0.6 is 11.3 Å². The average Bonchev–Trinajstić information content (AvgIpc) is 3.85. The molecule has 2 aromatic carbocycles. The van der Waals surface area contributed by atoms with Crippen molar-refractivity contribution >= 4 is 34.8 Å². The molecule has 0 aliphatic heterocycles. The predicted octanol–water partition coefficient (Wildman–Crippen LogP) is 7.94.